The topological polar surface area (TPSA) is 29.9 Å². The number of halogens is 1. The summed E-state index contributed by atoms with van der Waals surface area (Å²) in [6.45, 7) is 1.03. The van der Waals surface area contributed by atoms with Crippen LogP contribution in [0.25, 0.3) is 5.69 Å². The Hall–Kier alpha value is -0.940. The van der Waals surface area contributed by atoms with Crippen molar-refractivity contribution in [3.63, 3.8) is 0 Å². The van der Waals surface area contributed by atoms with Crippen LogP contribution in [0.15, 0.2) is 28.7 Å². The summed E-state index contributed by atoms with van der Waals surface area (Å²) in [5.41, 5.74) is 3.73. The average molecular weight is 352 g/mol. The third-order valence-corrected chi connectivity index (χ3v) is 4.60. The first-order valence-electron chi connectivity index (χ1n) is 6.89. The van der Waals surface area contributed by atoms with Gasteiger partial charge >= 0.3 is 0 Å². The van der Waals surface area contributed by atoms with Crippen LogP contribution in [0.5, 0.6) is 0 Å². The normalized spacial score (nSPS) is 14.5. The lowest BCUT2D eigenvalue weighted by Gasteiger charge is -2.09. The number of nitrogens with zero attached hydrogens (tertiary/aromatic N) is 2. The van der Waals surface area contributed by atoms with Crippen LogP contribution < -0.4 is 5.32 Å². The van der Waals surface area contributed by atoms with Gasteiger partial charge in [0.2, 0.25) is 0 Å². The summed E-state index contributed by atoms with van der Waals surface area (Å²) in [5, 5.41) is 8.41. The maximum atomic E-state index is 4.85. The van der Waals surface area contributed by atoms with Crippen molar-refractivity contribution in [1.82, 2.24) is 9.78 Å². The van der Waals surface area contributed by atoms with Crippen molar-refractivity contribution in [1.29, 1.82) is 0 Å². The van der Waals surface area contributed by atoms with Crippen LogP contribution in [-0.2, 0) is 12.2 Å². The van der Waals surface area contributed by atoms with E-state index in [1.807, 2.05) is 17.8 Å². The van der Waals surface area contributed by atoms with Gasteiger partial charge in [-0.1, -0.05) is 22.0 Å². The van der Waals surface area contributed by atoms with Gasteiger partial charge in [0.05, 0.1) is 11.4 Å². The largest absolute Gasteiger partial charge is 0.370 e. The molecule has 0 radical (unpaired) electrons. The van der Waals surface area contributed by atoms with Crippen molar-refractivity contribution in [2.24, 2.45) is 0 Å². The summed E-state index contributed by atoms with van der Waals surface area (Å²) >= 11 is 5.38. The van der Waals surface area contributed by atoms with E-state index in [4.69, 9.17) is 5.10 Å². The van der Waals surface area contributed by atoms with Crippen molar-refractivity contribution >= 4 is 33.5 Å². The van der Waals surface area contributed by atoms with E-state index in [9.17, 15) is 0 Å². The third kappa shape index (κ3) is 2.74. The van der Waals surface area contributed by atoms with Gasteiger partial charge in [0.1, 0.15) is 5.82 Å². The van der Waals surface area contributed by atoms with Crippen LogP contribution in [0.4, 0.5) is 5.82 Å². The van der Waals surface area contributed by atoms with Gasteiger partial charge in [-0.3, -0.25) is 0 Å². The predicted molar refractivity (Wildman–Crippen MR) is 89.9 cm³/mol. The number of nitrogens with one attached hydrogen (secondary N) is 1. The summed E-state index contributed by atoms with van der Waals surface area (Å²) in [5.74, 6) is 2.16. The zero-order chi connectivity index (χ0) is 13.9. The molecule has 1 aromatic heterocycles. The molecule has 0 bridgehead atoms. The first kappa shape index (κ1) is 14.0. The van der Waals surface area contributed by atoms with Crippen molar-refractivity contribution in [2.75, 3.05) is 18.1 Å². The van der Waals surface area contributed by atoms with Crippen LogP contribution in [0.2, 0.25) is 0 Å². The first-order chi connectivity index (χ1) is 9.79. The standard InChI is InChI=1S/C15H18BrN3S/c1-20-10-14-13-7-2-3-8-17-15(13)19(18-14)12-6-4-5-11(16)9-12/h4-6,9,17H,2-3,7-8,10H2,1H3. The van der Waals surface area contributed by atoms with E-state index in [0.717, 1.165) is 28.9 Å². The molecule has 0 unspecified atom stereocenters. The molecule has 106 valence electrons. The quantitative estimate of drug-likeness (QED) is 0.896. The minimum Gasteiger partial charge on any atom is -0.370 e. The highest BCUT2D eigenvalue weighted by molar-refractivity contribution is 9.10. The lowest BCUT2D eigenvalue weighted by molar-refractivity contribution is 0.771. The highest BCUT2D eigenvalue weighted by Gasteiger charge is 2.20. The molecule has 0 amide bonds. The van der Waals surface area contributed by atoms with Crippen LogP contribution in [-0.4, -0.2) is 22.6 Å². The van der Waals surface area contributed by atoms with E-state index in [1.54, 1.807) is 0 Å². The minimum atomic E-state index is 0.977. The molecule has 0 atom stereocenters. The molecule has 1 aliphatic rings. The second-order valence-corrected chi connectivity index (χ2v) is 6.76. The lowest BCUT2D eigenvalue weighted by atomic mass is 10.1. The molecule has 0 saturated carbocycles. The molecule has 1 aromatic carbocycles. The van der Waals surface area contributed by atoms with Crippen molar-refractivity contribution < 1.29 is 0 Å². The summed E-state index contributed by atoms with van der Waals surface area (Å²) in [6, 6.07) is 8.32. The van der Waals surface area contributed by atoms with Gasteiger partial charge in [0.25, 0.3) is 0 Å². The second kappa shape index (κ2) is 6.22. The Kier molecular flexibility index (Phi) is 4.36. The maximum absolute atomic E-state index is 4.85. The fourth-order valence-corrected chi connectivity index (χ4v) is 3.51. The summed E-state index contributed by atoms with van der Waals surface area (Å²) in [7, 11) is 0. The Morgan fingerprint density at radius 2 is 2.30 bits per heavy atom. The second-order valence-electron chi connectivity index (χ2n) is 4.98. The highest BCUT2D eigenvalue weighted by atomic mass is 79.9. The van der Waals surface area contributed by atoms with Crippen molar-refractivity contribution in [3.8, 4) is 5.69 Å². The Labute approximate surface area is 132 Å². The first-order valence-corrected chi connectivity index (χ1v) is 9.08. The molecule has 0 saturated heterocycles. The molecule has 0 spiro atoms. The van der Waals surface area contributed by atoms with Crippen molar-refractivity contribution in [2.45, 2.75) is 25.0 Å². The molecule has 1 N–H and O–H groups in total. The molecule has 0 fully saturated rings. The van der Waals surface area contributed by atoms with E-state index in [2.05, 4.69) is 50.4 Å². The Morgan fingerprint density at radius 1 is 1.40 bits per heavy atom. The number of fused-ring (bicyclic) bond motifs is 1. The van der Waals surface area contributed by atoms with E-state index in [1.165, 1.54) is 29.9 Å². The zero-order valence-corrected chi connectivity index (χ0v) is 13.9. The number of thioether (sulfide) groups is 1. The van der Waals surface area contributed by atoms with Crippen LogP contribution in [0.1, 0.15) is 24.1 Å². The number of rotatable bonds is 3. The number of hydrogen-bond acceptors (Lipinski definition) is 3. The molecular weight excluding hydrogens is 334 g/mol. The Balaban J connectivity index is 2.10. The molecule has 0 aliphatic carbocycles. The number of hydrogen-bond donors (Lipinski definition) is 1. The van der Waals surface area contributed by atoms with Gasteiger partial charge in [-0.15, -0.1) is 0 Å². The predicted octanol–water partition coefficient (Wildman–Crippen LogP) is 4.25. The molecule has 3 rings (SSSR count). The molecule has 1 aliphatic heterocycles. The summed E-state index contributed by atoms with van der Waals surface area (Å²) in [6.07, 6.45) is 5.73. The maximum Gasteiger partial charge on any atom is 0.133 e. The molecule has 5 heteroatoms. The van der Waals surface area contributed by atoms with E-state index in [0.29, 0.717) is 0 Å². The summed E-state index contributed by atoms with van der Waals surface area (Å²) in [4.78, 5) is 0. The van der Waals surface area contributed by atoms with Gasteiger partial charge in [-0.2, -0.15) is 16.9 Å². The van der Waals surface area contributed by atoms with Gasteiger partial charge in [-0.05, 0) is 43.7 Å². The fourth-order valence-electron chi connectivity index (χ4n) is 2.62. The van der Waals surface area contributed by atoms with Crippen LogP contribution >= 0.6 is 27.7 Å². The number of anilines is 1. The monoisotopic (exact) mass is 351 g/mol. The average Bonchev–Trinajstić information content (AvgIpc) is 2.62. The third-order valence-electron chi connectivity index (χ3n) is 3.55. The van der Waals surface area contributed by atoms with Crippen LogP contribution in [0, 0.1) is 0 Å². The molecule has 2 heterocycles. The SMILES string of the molecule is CSCc1nn(-c2cccc(Br)c2)c2c1CCCCN2. The molecular formula is C15H18BrN3S. The van der Waals surface area contributed by atoms with Crippen LogP contribution in [0.3, 0.4) is 0 Å². The molecule has 3 nitrogen and oxygen atoms in total. The lowest BCUT2D eigenvalue weighted by Crippen LogP contribution is -2.07. The minimum absolute atomic E-state index is 0.977. The van der Waals surface area contributed by atoms with E-state index < -0.39 is 0 Å². The molecule has 20 heavy (non-hydrogen) atoms. The van der Waals surface area contributed by atoms with E-state index >= 15 is 0 Å². The number of aromatic nitrogens is 2. The van der Waals surface area contributed by atoms with Gasteiger partial charge in [0, 0.05) is 22.3 Å². The fraction of sp³-hybridized carbons (Fsp3) is 0.400. The Morgan fingerprint density at radius 3 is 3.10 bits per heavy atom. The summed E-state index contributed by atoms with van der Waals surface area (Å²) < 4.78 is 3.15. The molecule has 2 aromatic rings. The van der Waals surface area contributed by atoms with Gasteiger partial charge in [-0.25, -0.2) is 4.68 Å². The van der Waals surface area contributed by atoms with Gasteiger partial charge in [0.15, 0.2) is 0 Å². The number of benzene rings is 1. The zero-order valence-electron chi connectivity index (χ0n) is 11.5. The van der Waals surface area contributed by atoms with E-state index in [-0.39, 0.29) is 0 Å². The Bertz CT molecular complexity index is 609. The highest BCUT2D eigenvalue weighted by Crippen LogP contribution is 2.30. The smallest absolute Gasteiger partial charge is 0.133 e. The van der Waals surface area contributed by atoms with Crippen molar-refractivity contribution in [3.05, 3.63) is 40.0 Å². The van der Waals surface area contributed by atoms with Gasteiger partial charge < -0.3 is 5.32 Å².